The highest BCUT2D eigenvalue weighted by atomic mass is 19.1. The lowest BCUT2D eigenvalue weighted by molar-refractivity contribution is 0.629. The fraction of sp³-hybridized carbons (Fsp3) is 0.250. The van der Waals surface area contributed by atoms with Crippen LogP contribution in [0.3, 0.4) is 0 Å². The third-order valence-electron chi connectivity index (χ3n) is 2.61. The Balaban J connectivity index is 2.96. The summed E-state index contributed by atoms with van der Waals surface area (Å²) in [6.45, 7) is 2.02. The molecule has 78 valence electrons. The largest absolute Gasteiger partial charge is 0.318 e. The molecular formula is C12H12FNO. The molecule has 1 heterocycles. The second-order valence-corrected chi connectivity index (χ2v) is 3.61. The number of halogens is 1. The highest BCUT2D eigenvalue weighted by molar-refractivity contribution is 5.84. The first-order valence-corrected chi connectivity index (χ1v) is 4.91. The Bertz CT molecular complexity index is 572. The van der Waals surface area contributed by atoms with E-state index in [1.807, 2.05) is 13.1 Å². The van der Waals surface area contributed by atoms with Crippen molar-refractivity contribution < 1.29 is 4.39 Å². The van der Waals surface area contributed by atoms with Gasteiger partial charge in [0.05, 0.1) is 5.39 Å². The molecule has 0 saturated heterocycles. The van der Waals surface area contributed by atoms with Gasteiger partial charge in [-0.05, 0) is 29.5 Å². The molecule has 3 heteroatoms. The topological polar surface area (TPSA) is 22.0 Å². The molecule has 2 aromatic rings. The molecule has 0 aliphatic heterocycles. The predicted molar refractivity (Wildman–Crippen MR) is 58.5 cm³/mol. The molecule has 0 bridgehead atoms. The lowest BCUT2D eigenvalue weighted by Crippen LogP contribution is -2.17. The van der Waals surface area contributed by atoms with Crippen LogP contribution in [0.2, 0.25) is 0 Å². The second-order valence-electron chi connectivity index (χ2n) is 3.61. The molecule has 1 aromatic carbocycles. The number of rotatable bonds is 1. The summed E-state index contributed by atoms with van der Waals surface area (Å²) in [5.74, 6) is -0.368. The van der Waals surface area contributed by atoms with Crippen molar-refractivity contribution in [2.45, 2.75) is 13.3 Å². The summed E-state index contributed by atoms with van der Waals surface area (Å²) in [6, 6.07) is 4.36. The molecule has 0 atom stereocenters. The van der Waals surface area contributed by atoms with E-state index in [2.05, 4.69) is 0 Å². The van der Waals surface area contributed by atoms with Crippen LogP contribution in [0.25, 0.3) is 10.8 Å². The minimum atomic E-state index is -0.368. The van der Waals surface area contributed by atoms with E-state index in [0.29, 0.717) is 5.39 Å². The number of aromatic nitrogens is 1. The van der Waals surface area contributed by atoms with E-state index in [4.69, 9.17) is 0 Å². The van der Waals surface area contributed by atoms with Crippen molar-refractivity contribution in [1.82, 2.24) is 4.57 Å². The summed E-state index contributed by atoms with van der Waals surface area (Å²) < 4.78 is 14.5. The van der Waals surface area contributed by atoms with Gasteiger partial charge in [0.1, 0.15) is 5.82 Å². The molecule has 2 rings (SSSR count). The molecule has 0 fully saturated rings. The van der Waals surface area contributed by atoms with Gasteiger partial charge in [0, 0.05) is 13.2 Å². The summed E-state index contributed by atoms with van der Waals surface area (Å²) >= 11 is 0. The molecule has 0 amide bonds. The first-order valence-electron chi connectivity index (χ1n) is 4.91. The van der Waals surface area contributed by atoms with E-state index in [9.17, 15) is 9.18 Å². The molecule has 0 N–H and O–H groups in total. The van der Waals surface area contributed by atoms with Crippen LogP contribution in [-0.4, -0.2) is 4.57 Å². The van der Waals surface area contributed by atoms with Crippen molar-refractivity contribution >= 4 is 10.8 Å². The van der Waals surface area contributed by atoms with Crippen LogP contribution in [0.5, 0.6) is 0 Å². The number of pyridine rings is 1. The molecule has 0 aliphatic carbocycles. The van der Waals surface area contributed by atoms with Gasteiger partial charge < -0.3 is 4.57 Å². The minimum Gasteiger partial charge on any atom is -0.318 e. The van der Waals surface area contributed by atoms with Crippen molar-refractivity contribution in [3.05, 3.63) is 46.1 Å². The molecule has 0 aliphatic rings. The van der Waals surface area contributed by atoms with Crippen molar-refractivity contribution in [3.8, 4) is 0 Å². The summed E-state index contributed by atoms with van der Waals surface area (Å²) in [6.07, 6.45) is 2.64. The standard InChI is InChI=1S/C12H12FNO/c1-3-8-7-14(2)12(15)11-6-9(13)4-5-10(8)11/h4-7H,3H2,1-2H3. The quantitative estimate of drug-likeness (QED) is 0.699. The Kier molecular flexibility index (Phi) is 2.31. The van der Waals surface area contributed by atoms with Crippen molar-refractivity contribution in [3.63, 3.8) is 0 Å². The van der Waals surface area contributed by atoms with Gasteiger partial charge in [0.15, 0.2) is 0 Å². The van der Waals surface area contributed by atoms with Crippen molar-refractivity contribution in [2.24, 2.45) is 7.05 Å². The van der Waals surface area contributed by atoms with Gasteiger partial charge in [-0.2, -0.15) is 0 Å². The van der Waals surface area contributed by atoms with Gasteiger partial charge in [0.25, 0.3) is 5.56 Å². The fourth-order valence-corrected chi connectivity index (χ4v) is 1.81. The minimum absolute atomic E-state index is 0.151. The molecule has 2 nitrogen and oxygen atoms in total. The summed E-state index contributed by atoms with van der Waals surface area (Å²) in [7, 11) is 1.69. The zero-order valence-electron chi connectivity index (χ0n) is 8.75. The lowest BCUT2D eigenvalue weighted by atomic mass is 10.1. The van der Waals surface area contributed by atoms with Gasteiger partial charge in [-0.15, -0.1) is 0 Å². The van der Waals surface area contributed by atoms with Gasteiger partial charge in [0.2, 0.25) is 0 Å². The van der Waals surface area contributed by atoms with Crippen LogP contribution in [0.1, 0.15) is 12.5 Å². The first kappa shape index (κ1) is 9.90. The summed E-state index contributed by atoms with van der Waals surface area (Å²) in [4.78, 5) is 11.7. The maximum Gasteiger partial charge on any atom is 0.258 e. The van der Waals surface area contributed by atoms with E-state index in [0.717, 1.165) is 17.4 Å². The van der Waals surface area contributed by atoms with Crippen LogP contribution in [0, 0.1) is 5.82 Å². The van der Waals surface area contributed by atoms with Crippen LogP contribution >= 0.6 is 0 Å². The molecular weight excluding hydrogens is 193 g/mol. The highest BCUT2D eigenvalue weighted by Crippen LogP contribution is 2.16. The third kappa shape index (κ3) is 1.54. The van der Waals surface area contributed by atoms with Crippen LogP contribution in [0.15, 0.2) is 29.2 Å². The average Bonchev–Trinajstić information content (AvgIpc) is 2.23. The van der Waals surface area contributed by atoms with E-state index in [-0.39, 0.29) is 11.4 Å². The summed E-state index contributed by atoms with van der Waals surface area (Å²) in [5, 5.41) is 1.30. The van der Waals surface area contributed by atoms with E-state index in [1.165, 1.54) is 16.7 Å². The SMILES string of the molecule is CCc1cn(C)c(=O)c2cc(F)ccc12. The van der Waals surface area contributed by atoms with Crippen molar-refractivity contribution in [1.29, 1.82) is 0 Å². The maximum atomic E-state index is 13.0. The van der Waals surface area contributed by atoms with Crippen molar-refractivity contribution in [2.75, 3.05) is 0 Å². The third-order valence-corrected chi connectivity index (χ3v) is 2.61. The molecule has 0 saturated carbocycles. The number of hydrogen-bond donors (Lipinski definition) is 0. The Hall–Kier alpha value is -1.64. The molecule has 15 heavy (non-hydrogen) atoms. The zero-order valence-corrected chi connectivity index (χ0v) is 8.75. The number of benzene rings is 1. The Labute approximate surface area is 87.0 Å². The molecule has 0 unspecified atom stereocenters. The van der Waals surface area contributed by atoms with E-state index in [1.54, 1.807) is 13.1 Å². The zero-order chi connectivity index (χ0) is 11.0. The Morgan fingerprint density at radius 3 is 2.73 bits per heavy atom. The lowest BCUT2D eigenvalue weighted by Gasteiger charge is -2.07. The highest BCUT2D eigenvalue weighted by Gasteiger charge is 2.06. The fourth-order valence-electron chi connectivity index (χ4n) is 1.81. The van der Waals surface area contributed by atoms with Gasteiger partial charge in [-0.25, -0.2) is 4.39 Å². The second kappa shape index (κ2) is 3.50. The predicted octanol–water partition coefficient (Wildman–Crippen LogP) is 2.24. The smallest absolute Gasteiger partial charge is 0.258 e. The molecule has 1 aromatic heterocycles. The maximum absolute atomic E-state index is 13.0. The van der Waals surface area contributed by atoms with Crippen LogP contribution in [0.4, 0.5) is 4.39 Å². The normalized spacial score (nSPS) is 10.9. The van der Waals surface area contributed by atoms with Crippen LogP contribution in [-0.2, 0) is 13.5 Å². The molecule has 0 spiro atoms. The number of hydrogen-bond acceptors (Lipinski definition) is 1. The number of aryl methyl sites for hydroxylation is 2. The Morgan fingerprint density at radius 2 is 2.07 bits per heavy atom. The van der Waals surface area contributed by atoms with Gasteiger partial charge >= 0.3 is 0 Å². The monoisotopic (exact) mass is 205 g/mol. The number of fused-ring (bicyclic) bond motifs is 1. The van der Waals surface area contributed by atoms with Crippen LogP contribution < -0.4 is 5.56 Å². The van der Waals surface area contributed by atoms with E-state index >= 15 is 0 Å². The van der Waals surface area contributed by atoms with E-state index < -0.39 is 0 Å². The molecule has 0 radical (unpaired) electrons. The average molecular weight is 205 g/mol. The van der Waals surface area contributed by atoms with Gasteiger partial charge in [-0.1, -0.05) is 13.0 Å². The number of nitrogens with zero attached hydrogens (tertiary/aromatic N) is 1. The summed E-state index contributed by atoms with van der Waals surface area (Å²) in [5.41, 5.74) is 0.911. The Morgan fingerprint density at radius 1 is 1.33 bits per heavy atom. The first-order chi connectivity index (χ1) is 7.13. The van der Waals surface area contributed by atoms with Gasteiger partial charge in [-0.3, -0.25) is 4.79 Å².